The van der Waals surface area contributed by atoms with E-state index in [4.69, 9.17) is 26.4 Å². The molecule has 9 nitrogen and oxygen atoms in total. The van der Waals surface area contributed by atoms with E-state index in [0.29, 0.717) is 28.0 Å². The second kappa shape index (κ2) is 15.1. The summed E-state index contributed by atoms with van der Waals surface area (Å²) in [6.07, 6.45) is 3.26. The van der Waals surface area contributed by atoms with Crippen LogP contribution in [0.3, 0.4) is 0 Å². The third-order valence-electron chi connectivity index (χ3n) is 8.28. The second-order valence-corrected chi connectivity index (χ2v) is 11.4. The number of benzene rings is 2. The van der Waals surface area contributed by atoms with Crippen LogP contribution in [-0.2, 0) is 19.1 Å². The molecule has 2 atom stereocenters. The van der Waals surface area contributed by atoms with Crippen molar-refractivity contribution in [1.82, 2.24) is 10.2 Å². The standard InChI is InChI=1S/C33H42N4O5S/c1-21-28(31(38)41-4)30(29(22(2)35-21)32(39)42-5)25-10-6-11-26(19-25)36-33(43)34-15-8-16-37-17-13-23(14-18-37)24-9-7-12-27(20-24)40-3/h6-7,9-12,19-20,23,28,30H,8,13-18H2,1-5H3,(H2,34,36,43). The number of ether oxygens (including phenoxy) is 3. The first-order chi connectivity index (χ1) is 20.7. The fourth-order valence-corrected chi connectivity index (χ4v) is 6.30. The van der Waals surface area contributed by atoms with Gasteiger partial charge in [0.25, 0.3) is 0 Å². The first-order valence-electron chi connectivity index (χ1n) is 14.7. The number of carbonyl (C=O) groups excluding carboxylic acids is 2. The molecule has 0 spiro atoms. The fraction of sp³-hybridized carbons (Fsp3) is 0.455. The molecular weight excluding hydrogens is 564 g/mol. The molecule has 2 aliphatic rings. The number of nitrogens with one attached hydrogen (secondary N) is 2. The Hall–Kier alpha value is -3.76. The van der Waals surface area contributed by atoms with Crippen LogP contribution in [0.2, 0.25) is 0 Å². The maximum absolute atomic E-state index is 12.8. The summed E-state index contributed by atoms with van der Waals surface area (Å²) in [7, 11) is 4.37. The van der Waals surface area contributed by atoms with Gasteiger partial charge in [-0.05, 0) is 106 Å². The van der Waals surface area contributed by atoms with E-state index >= 15 is 0 Å². The maximum Gasteiger partial charge on any atom is 0.336 e. The van der Waals surface area contributed by atoms with Crippen LogP contribution in [0.1, 0.15) is 56.1 Å². The number of aliphatic imine (C=N–C) groups is 1. The Morgan fingerprint density at radius 1 is 1.00 bits per heavy atom. The van der Waals surface area contributed by atoms with E-state index in [1.54, 1.807) is 21.0 Å². The van der Waals surface area contributed by atoms with Crippen LogP contribution in [0.4, 0.5) is 5.69 Å². The van der Waals surface area contributed by atoms with Crippen molar-refractivity contribution < 1.29 is 23.8 Å². The molecule has 2 aliphatic heterocycles. The number of esters is 2. The molecule has 0 radical (unpaired) electrons. The van der Waals surface area contributed by atoms with Gasteiger partial charge >= 0.3 is 11.9 Å². The van der Waals surface area contributed by atoms with Crippen molar-refractivity contribution in [3.8, 4) is 5.75 Å². The van der Waals surface area contributed by atoms with Crippen molar-refractivity contribution >= 4 is 40.7 Å². The molecule has 1 saturated heterocycles. The Morgan fingerprint density at radius 2 is 1.72 bits per heavy atom. The minimum atomic E-state index is -0.747. The molecule has 43 heavy (non-hydrogen) atoms. The van der Waals surface area contributed by atoms with E-state index in [1.807, 2.05) is 30.3 Å². The van der Waals surface area contributed by atoms with Crippen molar-refractivity contribution in [3.05, 3.63) is 70.9 Å². The van der Waals surface area contributed by atoms with E-state index in [9.17, 15) is 9.59 Å². The van der Waals surface area contributed by atoms with Gasteiger partial charge in [-0.25, -0.2) is 4.79 Å². The van der Waals surface area contributed by atoms with Crippen molar-refractivity contribution in [2.24, 2.45) is 10.9 Å². The van der Waals surface area contributed by atoms with Gasteiger partial charge in [0.1, 0.15) is 11.7 Å². The SMILES string of the molecule is COC(=O)C1=C(C)N=C(C)C(C(=O)OC)C1c1cccc(NC(=S)NCCCN2CCC(c3cccc(OC)c3)CC2)c1. The number of likely N-dealkylation sites (tertiary alicyclic amines) is 1. The van der Waals surface area contributed by atoms with Gasteiger partial charge in [0.15, 0.2) is 5.11 Å². The van der Waals surface area contributed by atoms with Crippen LogP contribution in [0.25, 0.3) is 0 Å². The van der Waals surface area contributed by atoms with Gasteiger partial charge in [-0.15, -0.1) is 0 Å². The molecule has 4 rings (SSSR count). The number of methoxy groups -OCH3 is 3. The third-order valence-corrected chi connectivity index (χ3v) is 8.53. The quantitative estimate of drug-likeness (QED) is 0.219. The lowest BCUT2D eigenvalue weighted by Crippen LogP contribution is -2.36. The van der Waals surface area contributed by atoms with Crippen LogP contribution in [0, 0.1) is 5.92 Å². The lowest BCUT2D eigenvalue weighted by Gasteiger charge is -2.32. The van der Waals surface area contributed by atoms with Gasteiger partial charge in [0, 0.05) is 29.6 Å². The molecule has 230 valence electrons. The summed E-state index contributed by atoms with van der Waals surface area (Å²) < 4.78 is 15.5. The highest BCUT2D eigenvalue weighted by molar-refractivity contribution is 7.80. The van der Waals surface area contributed by atoms with Crippen molar-refractivity contribution in [3.63, 3.8) is 0 Å². The number of thiocarbonyl (C=S) groups is 1. The van der Waals surface area contributed by atoms with Crippen LogP contribution < -0.4 is 15.4 Å². The number of carbonyl (C=O) groups is 2. The molecule has 10 heteroatoms. The van der Waals surface area contributed by atoms with E-state index in [-0.39, 0.29) is 0 Å². The average Bonchev–Trinajstić information content (AvgIpc) is 3.02. The summed E-state index contributed by atoms with van der Waals surface area (Å²) >= 11 is 5.58. The first-order valence-corrected chi connectivity index (χ1v) is 15.1. The molecule has 0 amide bonds. The molecule has 2 heterocycles. The Kier molecular flexibility index (Phi) is 11.3. The van der Waals surface area contributed by atoms with E-state index in [0.717, 1.165) is 62.4 Å². The Bertz CT molecular complexity index is 1380. The summed E-state index contributed by atoms with van der Waals surface area (Å²) in [5.74, 6) is -0.831. The van der Waals surface area contributed by atoms with Gasteiger partial charge < -0.3 is 29.7 Å². The topological polar surface area (TPSA) is 101 Å². The highest BCUT2D eigenvalue weighted by Crippen LogP contribution is 2.40. The Labute approximate surface area is 259 Å². The lowest BCUT2D eigenvalue weighted by atomic mass is 9.75. The molecule has 2 aromatic carbocycles. The predicted octanol–water partition coefficient (Wildman–Crippen LogP) is 5.05. The van der Waals surface area contributed by atoms with Crippen molar-refractivity contribution in [1.29, 1.82) is 0 Å². The molecule has 0 aromatic heterocycles. The third kappa shape index (κ3) is 8.00. The second-order valence-electron chi connectivity index (χ2n) is 11.0. The molecule has 0 bridgehead atoms. The van der Waals surface area contributed by atoms with Crippen molar-refractivity contribution in [2.45, 2.75) is 44.9 Å². The summed E-state index contributed by atoms with van der Waals surface area (Å²) in [5.41, 5.74) is 4.32. The normalized spacial score (nSPS) is 19.3. The van der Waals surface area contributed by atoms with Gasteiger partial charge in [0.2, 0.25) is 0 Å². The zero-order valence-electron chi connectivity index (χ0n) is 25.6. The predicted molar refractivity (Wildman–Crippen MR) is 173 cm³/mol. The Balaban J connectivity index is 1.30. The Morgan fingerprint density at radius 3 is 2.42 bits per heavy atom. The summed E-state index contributed by atoms with van der Waals surface area (Å²) in [5, 5.41) is 7.07. The smallest absolute Gasteiger partial charge is 0.336 e. The van der Waals surface area contributed by atoms with Crippen LogP contribution in [0.15, 0.2) is 64.8 Å². The number of allylic oxidation sites excluding steroid dienone is 1. The molecule has 1 fully saturated rings. The zero-order chi connectivity index (χ0) is 30.9. The largest absolute Gasteiger partial charge is 0.497 e. The first kappa shape index (κ1) is 32.2. The number of hydrogen-bond donors (Lipinski definition) is 2. The van der Waals surface area contributed by atoms with E-state index < -0.39 is 23.8 Å². The number of rotatable bonds is 10. The van der Waals surface area contributed by atoms with E-state index in [1.165, 1.54) is 19.8 Å². The molecular formula is C33H42N4O5S. The van der Waals surface area contributed by atoms with Crippen LogP contribution in [-0.4, -0.2) is 75.2 Å². The molecule has 2 unspecified atom stereocenters. The zero-order valence-corrected chi connectivity index (χ0v) is 26.5. The summed E-state index contributed by atoms with van der Waals surface area (Å²) in [4.78, 5) is 32.6. The minimum absolute atomic E-state index is 0.342. The molecule has 2 aromatic rings. The number of nitrogens with zero attached hydrogens (tertiary/aromatic N) is 2. The number of piperidine rings is 1. The highest BCUT2D eigenvalue weighted by Gasteiger charge is 2.42. The number of anilines is 1. The fourth-order valence-electron chi connectivity index (χ4n) is 6.08. The molecule has 0 saturated carbocycles. The molecule has 0 aliphatic carbocycles. The van der Waals surface area contributed by atoms with E-state index in [2.05, 4.69) is 38.7 Å². The molecule has 2 N–H and O–H groups in total. The van der Waals surface area contributed by atoms with Gasteiger partial charge in [0.05, 0.1) is 26.9 Å². The van der Waals surface area contributed by atoms with Crippen molar-refractivity contribution in [2.75, 3.05) is 52.8 Å². The van der Waals surface area contributed by atoms with Gasteiger partial charge in [-0.1, -0.05) is 24.3 Å². The lowest BCUT2D eigenvalue weighted by molar-refractivity contribution is -0.143. The summed E-state index contributed by atoms with van der Waals surface area (Å²) in [6, 6.07) is 16.0. The average molecular weight is 607 g/mol. The maximum atomic E-state index is 12.8. The summed E-state index contributed by atoms with van der Waals surface area (Å²) in [6.45, 7) is 7.44. The number of hydrogen-bond acceptors (Lipinski definition) is 8. The van der Waals surface area contributed by atoms with Crippen LogP contribution >= 0.6 is 12.2 Å². The monoisotopic (exact) mass is 606 g/mol. The van der Waals surface area contributed by atoms with Crippen LogP contribution in [0.5, 0.6) is 5.75 Å². The van der Waals surface area contributed by atoms with Gasteiger partial charge in [-0.3, -0.25) is 9.79 Å². The minimum Gasteiger partial charge on any atom is -0.497 e. The van der Waals surface area contributed by atoms with Gasteiger partial charge in [-0.2, -0.15) is 0 Å². The highest BCUT2D eigenvalue weighted by atomic mass is 32.1.